The molecule has 0 aromatic heterocycles. The molecular formula is C19H19N3O6. The van der Waals surface area contributed by atoms with Gasteiger partial charge in [-0.1, -0.05) is 30.3 Å². The van der Waals surface area contributed by atoms with Crippen LogP contribution in [0.15, 0.2) is 48.5 Å². The van der Waals surface area contributed by atoms with Gasteiger partial charge < -0.3 is 9.64 Å². The number of ether oxygens (including phenoxy) is 1. The quantitative estimate of drug-likeness (QED) is 0.562. The van der Waals surface area contributed by atoms with Crippen molar-refractivity contribution >= 4 is 17.5 Å². The van der Waals surface area contributed by atoms with Crippen molar-refractivity contribution in [2.24, 2.45) is 0 Å². The molecule has 0 saturated carbocycles. The van der Waals surface area contributed by atoms with Crippen LogP contribution in [-0.2, 0) is 4.74 Å². The van der Waals surface area contributed by atoms with E-state index < -0.39 is 33.4 Å². The number of benzene rings is 2. The normalized spacial score (nSPS) is 14.9. The van der Waals surface area contributed by atoms with Crippen LogP contribution in [0, 0.1) is 20.2 Å². The maximum Gasteiger partial charge on any atom is 0.410 e. The molecule has 2 aromatic carbocycles. The van der Waals surface area contributed by atoms with E-state index in [1.54, 1.807) is 30.3 Å². The fraction of sp³-hybridized carbons (Fsp3) is 0.316. The number of piperidine rings is 1. The molecule has 0 N–H and O–H groups in total. The average Bonchev–Trinajstić information content (AvgIpc) is 2.72. The molecular weight excluding hydrogens is 366 g/mol. The smallest absolute Gasteiger partial charge is 0.410 e. The first kappa shape index (κ1) is 19.3. The molecule has 146 valence electrons. The summed E-state index contributed by atoms with van der Waals surface area (Å²) in [5.74, 6) is 0. The minimum absolute atomic E-state index is 0.242. The molecule has 28 heavy (non-hydrogen) atoms. The van der Waals surface area contributed by atoms with Crippen molar-refractivity contribution < 1.29 is 19.4 Å². The predicted molar refractivity (Wildman–Crippen MR) is 99.9 cm³/mol. The molecule has 1 unspecified atom stereocenters. The van der Waals surface area contributed by atoms with Crippen LogP contribution >= 0.6 is 0 Å². The summed E-state index contributed by atoms with van der Waals surface area (Å²) in [7, 11) is 0. The summed E-state index contributed by atoms with van der Waals surface area (Å²) in [4.78, 5) is 35.9. The third kappa shape index (κ3) is 4.08. The highest BCUT2D eigenvalue weighted by Crippen LogP contribution is 2.39. The lowest BCUT2D eigenvalue weighted by Gasteiger charge is -2.28. The van der Waals surface area contributed by atoms with Crippen LogP contribution < -0.4 is 0 Å². The largest absolute Gasteiger partial charge is 0.436 e. The summed E-state index contributed by atoms with van der Waals surface area (Å²) >= 11 is 0. The molecule has 9 nitrogen and oxygen atoms in total. The molecule has 1 fully saturated rings. The zero-order valence-corrected chi connectivity index (χ0v) is 15.0. The second-order valence-electron chi connectivity index (χ2n) is 6.45. The molecule has 1 saturated heterocycles. The number of likely N-dealkylation sites (tertiary alicyclic amines) is 1. The van der Waals surface area contributed by atoms with Gasteiger partial charge in [0.25, 0.3) is 11.4 Å². The maximum atomic E-state index is 12.7. The number of amides is 1. The first-order valence-corrected chi connectivity index (χ1v) is 8.91. The van der Waals surface area contributed by atoms with Crippen molar-refractivity contribution in [2.75, 3.05) is 13.1 Å². The van der Waals surface area contributed by atoms with Crippen LogP contribution in [0.1, 0.15) is 36.5 Å². The Balaban J connectivity index is 2.08. The van der Waals surface area contributed by atoms with Gasteiger partial charge in [-0.3, -0.25) is 20.2 Å². The van der Waals surface area contributed by atoms with Gasteiger partial charge in [-0.15, -0.1) is 0 Å². The van der Waals surface area contributed by atoms with Crippen molar-refractivity contribution in [3.8, 4) is 0 Å². The molecule has 0 bridgehead atoms. The van der Waals surface area contributed by atoms with Crippen molar-refractivity contribution in [2.45, 2.75) is 25.4 Å². The summed E-state index contributed by atoms with van der Waals surface area (Å²) in [6, 6.07) is 11.9. The Labute approximate surface area is 160 Å². The first-order valence-electron chi connectivity index (χ1n) is 8.91. The Morgan fingerprint density at radius 2 is 1.46 bits per heavy atom. The van der Waals surface area contributed by atoms with E-state index in [1.807, 2.05) is 0 Å². The molecule has 0 spiro atoms. The fourth-order valence-electron chi connectivity index (χ4n) is 3.30. The molecule has 3 rings (SSSR count). The van der Waals surface area contributed by atoms with E-state index in [4.69, 9.17) is 4.74 Å². The average molecular weight is 385 g/mol. The monoisotopic (exact) mass is 385 g/mol. The molecule has 9 heteroatoms. The predicted octanol–water partition coefficient (Wildman–Crippen LogP) is 4.21. The van der Waals surface area contributed by atoms with Gasteiger partial charge in [-0.05, 0) is 30.9 Å². The number of hydrogen-bond acceptors (Lipinski definition) is 6. The second kappa shape index (κ2) is 8.47. The van der Waals surface area contributed by atoms with Crippen molar-refractivity contribution in [3.63, 3.8) is 0 Å². The van der Waals surface area contributed by atoms with Crippen molar-refractivity contribution in [1.29, 1.82) is 0 Å². The number of rotatable bonds is 5. The lowest BCUT2D eigenvalue weighted by atomic mass is 9.98. The van der Waals surface area contributed by atoms with Gasteiger partial charge >= 0.3 is 6.09 Å². The Bertz CT molecular complexity index is 848. The number of nitro groups is 2. The highest BCUT2D eigenvalue weighted by atomic mass is 16.6. The van der Waals surface area contributed by atoms with Crippen LogP contribution in [0.3, 0.4) is 0 Å². The molecule has 2 aromatic rings. The van der Waals surface area contributed by atoms with E-state index in [0.29, 0.717) is 18.7 Å². The van der Waals surface area contributed by atoms with Crippen molar-refractivity contribution in [1.82, 2.24) is 4.90 Å². The SMILES string of the molecule is O=C(OC(c1ccccc1)c1c([N+](=O)[O-])cccc1[N+](=O)[O-])N1CCCCC1. The molecule has 0 aliphatic carbocycles. The lowest BCUT2D eigenvalue weighted by Crippen LogP contribution is -2.37. The molecule has 0 radical (unpaired) electrons. The number of nitro benzene ring substituents is 2. The van der Waals surface area contributed by atoms with Gasteiger partial charge in [-0.25, -0.2) is 4.79 Å². The minimum Gasteiger partial charge on any atom is -0.436 e. The summed E-state index contributed by atoms with van der Waals surface area (Å²) in [6.45, 7) is 1.05. The van der Waals surface area contributed by atoms with Crippen LogP contribution in [0.25, 0.3) is 0 Å². The van der Waals surface area contributed by atoms with Gasteiger partial charge in [0, 0.05) is 25.2 Å². The highest BCUT2D eigenvalue weighted by molar-refractivity contribution is 5.69. The van der Waals surface area contributed by atoms with Crippen LogP contribution in [0.2, 0.25) is 0 Å². The topological polar surface area (TPSA) is 116 Å². The molecule has 1 heterocycles. The van der Waals surface area contributed by atoms with E-state index in [9.17, 15) is 25.0 Å². The first-order chi connectivity index (χ1) is 13.5. The van der Waals surface area contributed by atoms with E-state index in [2.05, 4.69) is 0 Å². The minimum atomic E-state index is -1.27. The third-order valence-electron chi connectivity index (χ3n) is 4.65. The number of hydrogen-bond donors (Lipinski definition) is 0. The van der Waals surface area contributed by atoms with Crippen LogP contribution in [0.4, 0.5) is 16.2 Å². The Kier molecular flexibility index (Phi) is 5.83. The highest BCUT2D eigenvalue weighted by Gasteiger charge is 2.36. The Hall–Kier alpha value is -3.49. The van der Waals surface area contributed by atoms with Gasteiger partial charge in [0.05, 0.1) is 9.85 Å². The zero-order chi connectivity index (χ0) is 20.1. The standard InChI is InChI=1S/C19H19N3O6/c23-19(20-12-5-2-6-13-20)28-18(14-8-3-1-4-9-14)17-15(21(24)25)10-7-11-16(17)22(26)27/h1,3-4,7-11,18H,2,5-6,12-13H2. The fourth-order valence-corrected chi connectivity index (χ4v) is 3.30. The van der Waals surface area contributed by atoms with E-state index >= 15 is 0 Å². The number of nitrogens with zero attached hydrogens (tertiary/aromatic N) is 3. The summed E-state index contributed by atoms with van der Waals surface area (Å²) in [5.41, 5.74) is -0.747. The summed E-state index contributed by atoms with van der Waals surface area (Å²) < 4.78 is 5.62. The van der Waals surface area contributed by atoms with E-state index in [1.165, 1.54) is 23.1 Å². The van der Waals surface area contributed by atoms with Gasteiger partial charge in [-0.2, -0.15) is 0 Å². The molecule has 1 atom stereocenters. The summed E-state index contributed by atoms with van der Waals surface area (Å²) in [6.07, 6.45) is 0.799. The molecule has 1 aliphatic rings. The van der Waals surface area contributed by atoms with Gasteiger partial charge in [0.2, 0.25) is 0 Å². The Morgan fingerprint density at radius 3 is 2.00 bits per heavy atom. The van der Waals surface area contributed by atoms with E-state index in [0.717, 1.165) is 19.3 Å². The number of carbonyl (C=O) groups excluding carboxylic acids is 1. The maximum absolute atomic E-state index is 12.7. The van der Waals surface area contributed by atoms with Crippen molar-refractivity contribution in [3.05, 3.63) is 79.9 Å². The molecule has 1 amide bonds. The second-order valence-corrected chi connectivity index (χ2v) is 6.45. The Morgan fingerprint density at radius 1 is 0.893 bits per heavy atom. The zero-order valence-electron chi connectivity index (χ0n) is 15.0. The summed E-state index contributed by atoms with van der Waals surface area (Å²) in [5, 5.41) is 23.1. The van der Waals surface area contributed by atoms with Crippen LogP contribution in [-0.4, -0.2) is 33.9 Å². The third-order valence-corrected chi connectivity index (χ3v) is 4.65. The number of carbonyl (C=O) groups is 1. The van der Waals surface area contributed by atoms with Gasteiger partial charge in [0.15, 0.2) is 11.7 Å². The van der Waals surface area contributed by atoms with Gasteiger partial charge in [0.1, 0.15) is 0 Å². The van der Waals surface area contributed by atoms with E-state index in [-0.39, 0.29) is 5.56 Å². The molecule has 1 aliphatic heterocycles. The van der Waals surface area contributed by atoms with Crippen LogP contribution in [0.5, 0.6) is 0 Å². The lowest BCUT2D eigenvalue weighted by molar-refractivity contribution is -0.396.